The Labute approximate surface area is 371 Å². The molecule has 11 aromatic carbocycles. The van der Waals surface area contributed by atoms with Crippen LogP contribution in [0.1, 0.15) is 13.8 Å². The van der Waals surface area contributed by atoms with Crippen molar-refractivity contribution in [1.29, 1.82) is 0 Å². The molecule has 2 heterocycles. The first kappa shape index (κ1) is 36.7. The van der Waals surface area contributed by atoms with Crippen molar-refractivity contribution in [2.45, 2.75) is 26.9 Å². The standard InChI is InChI=1S/C62H44N2/c1-3-63-54-28-14-26-48(61(54)59-44-20-10-8-18-41(44)34-36-56(59)63)46-22-12-24-50-52(46)38-53-47(23-13-25-51(53)58(50)43-32-30-40(31-33-43)39-16-6-5-7-17-39)49-27-15-29-55-62(49)60-45-21-11-9-19-42(45)35-37-57(60)64(55)4-2/h5-38H,3-4H2,1-2H3. The van der Waals surface area contributed by atoms with E-state index in [9.17, 15) is 0 Å². The summed E-state index contributed by atoms with van der Waals surface area (Å²) in [4.78, 5) is 0. The largest absolute Gasteiger partial charge is 0.341 e. The molecule has 0 amide bonds. The van der Waals surface area contributed by atoms with Gasteiger partial charge in [-0.25, -0.2) is 0 Å². The van der Waals surface area contributed by atoms with Crippen LogP contribution in [0.2, 0.25) is 0 Å². The predicted molar refractivity (Wildman–Crippen MR) is 276 cm³/mol. The summed E-state index contributed by atoms with van der Waals surface area (Å²) in [6.07, 6.45) is 0. The van der Waals surface area contributed by atoms with Gasteiger partial charge in [0.1, 0.15) is 0 Å². The van der Waals surface area contributed by atoms with Gasteiger partial charge in [-0.1, -0.05) is 176 Å². The zero-order valence-electron chi connectivity index (χ0n) is 35.9. The Morgan fingerprint density at radius 2 is 0.688 bits per heavy atom. The molecular weight excluding hydrogens is 773 g/mol. The van der Waals surface area contributed by atoms with Crippen molar-refractivity contribution in [2.24, 2.45) is 0 Å². The first-order valence-corrected chi connectivity index (χ1v) is 22.7. The molecule has 0 atom stereocenters. The lowest BCUT2D eigenvalue weighted by Gasteiger charge is -2.18. The van der Waals surface area contributed by atoms with E-state index in [0.29, 0.717) is 0 Å². The SMILES string of the molecule is CCn1c2cccc(-c3cccc4c(-c5ccc(-c6ccccc6)cc5)c5cccc(-c6cccc7c6c6c8ccccc8ccc6n7CC)c5cc34)c2c2c3ccccc3ccc21. The Morgan fingerprint density at radius 3 is 1.20 bits per heavy atom. The second kappa shape index (κ2) is 14.3. The molecule has 2 aromatic heterocycles. The maximum atomic E-state index is 2.52. The molecule has 0 N–H and O–H groups in total. The van der Waals surface area contributed by atoms with Crippen LogP contribution in [0.3, 0.4) is 0 Å². The quantitative estimate of drug-likeness (QED) is 0.148. The van der Waals surface area contributed by atoms with Crippen molar-refractivity contribution < 1.29 is 0 Å². The Morgan fingerprint density at radius 1 is 0.281 bits per heavy atom. The van der Waals surface area contributed by atoms with Crippen LogP contribution in [-0.2, 0) is 13.1 Å². The lowest BCUT2D eigenvalue weighted by Crippen LogP contribution is -1.93. The van der Waals surface area contributed by atoms with E-state index in [1.807, 2.05) is 0 Å². The zero-order chi connectivity index (χ0) is 42.5. The Hall–Kier alpha value is -7.94. The van der Waals surface area contributed by atoms with Crippen molar-refractivity contribution in [3.63, 3.8) is 0 Å². The number of nitrogens with zero attached hydrogens (tertiary/aromatic N) is 2. The third-order valence-corrected chi connectivity index (χ3v) is 14.1. The second-order valence-electron chi connectivity index (χ2n) is 17.2. The molecule has 64 heavy (non-hydrogen) atoms. The molecule has 0 aliphatic heterocycles. The summed E-state index contributed by atoms with van der Waals surface area (Å²) in [5.41, 5.74) is 15.0. The van der Waals surface area contributed by atoms with Crippen molar-refractivity contribution >= 4 is 86.7 Å². The summed E-state index contributed by atoms with van der Waals surface area (Å²) in [6, 6.07) is 77.2. The number of rotatable bonds is 6. The summed E-state index contributed by atoms with van der Waals surface area (Å²) in [5.74, 6) is 0. The topological polar surface area (TPSA) is 9.86 Å². The van der Waals surface area contributed by atoms with Gasteiger partial charge in [0.15, 0.2) is 0 Å². The third kappa shape index (κ3) is 5.26. The highest BCUT2D eigenvalue weighted by Gasteiger charge is 2.22. The fourth-order valence-corrected chi connectivity index (χ4v) is 11.3. The van der Waals surface area contributed by atoms with E-state index in [4.69, 9.17) is 0 Å². The van der Waals surface area contributed by atoms with Gasteiger partial charge in [-0.3, -0.25) is 0 Å². The van der Waals surface area contributed by atoms with Gasteiger partial charge in [0.25, 0.3) is 0 Å². The molecule has 0 aliphatic rings. The van der Waals surface area contributed by atoms with Gasteiger partial charge in [0.05, 0.1) is 0 Å². The smallest absolute Gasteiger partial charge is 0.0498 e. The summed E-state index contributed by atoms with van der Waals surface area (Å²) in [5, 5.41) is 15.4. The first-order valence-electron chi connectivity index (χ1n) is 22.7. The minimum Gasteiger partial charge on any atom is -0.341 e. The predicted octanol–water partition coefficient (Wildman–Crippen LogP) is 17.2. The van der Waals surface area contributed by atoms with Gasteiger partial charge in [-0.05, 0) is 132 Å². The van der Waals surface area contributed by atoms with Gasteiger partial charge < -0.3 is 9.13 Å². The lowest BCUT2D eigenvalue weighted by molar-refractivity contribution is 0.827. The van der Waals surface area contributed by atoms with Crippen molar-refractivity contribution in [3.05, 3.63) is 206 Å². The van der Waals surface area contributed by atoms with E-state index in [0.717, 1.165) is 13.1 Å². The van der Waals surface area contributed by atoms with Crippen LogP contribution in [-0.4, -0.2) is 9.13 Å². The van der Waals surface area contributed by atoms with Crippen LogP contribution >= 0.6 is 0 Å². The monoisotopic (exact) mass is 816 g/mol. The summed E-state index contributed by atoms with van der Waals surface area (Å²) >= 11 is 0. The first-order chi connectivity index (χ1) is 31.7. The van der Waals surface area contributed by atoms with Gasteiger partial charge in [0.2, 0.25) is 0 Å². The Kier molecular flexibility index (Phi) is 8.20. The highest BCUT2D eigenvalue weighted by Crippen LogP contribution is 2.48. The zero-order valence-corrected chi connectivity index (χ0v) is 35.9. The van der Waals surface area contributed by atoms with Crippen molar-refractivity contribution in [1.82, 2.24) is 9.13 Å². The van der Waals surface area contributed by atoms with E-state index in [1.165, 1.54) is 131 Å². The Balaban J connectivity index is 1.17. The molecule has 0 saturated carbocycles. The molecule has 0 saturated heterocycles. The van der Waals surface area contributed by atoms with Crippen LogP contribution in [0.4, 0.5) is 0 Å². The fourth-order valence-electron chi connectivity index (χ4n) is 11.3. The summed E-state index contributed by atoms with van der Waals surface area (Å²) < 4.78 is 4.99. The fraction of sp³-hybridized carbons (Fsp3) is 0.0645. The number of fused-ring (bicyclic) bond motifs is 12. The average Bonchev–Trinajstić information content (AvgIpc) is 3.88. The van der Waals surface area contributed by atoms with E-state index in [2.05, 4.69) is 229 Å². The third-order valence-electron chi connectivity index (χ3n) is 14.1. The maximum Gasteiger partial charge on any atom is 0.0498 e. The van der Waals surface area contributed by atoms with Crippen LogP contribution in [0.5, 0.6) is 0 Å². The molecule has 0 radical (unpaired) electrons. The van der Waals surface area contributed by atoms with Crippen molar-refractivity contribution in [2.75, 3.05) is 0 Å². The number of aryl methyl sites for hydroxylation is 2. The number of hydrogen-bond acceptors (Lipinski definition) is 0. The minimum atomic E-state index is 0.893. The van der Waals surface area contributed by atoms with Gasteiger partial charge in [-0.15, -0.1) is 0 Å². The summed E-state index contributed by atoms with van der Waals surface area (Å²) in [6.45, 7) is 6.32. The summed E-state index contributed by atoms with van der Waals surface area (Å²) in [7, 11) is 0. The molecular formula is C62H44N2. The Bertz CT molecular complexity index is 3800. The molecule has 0 aliphatic carbocycles. The van der Waals surface area contributed by atoms with Crippen LogP contribution in [0.25, 0.3) is 131 Å². The van der Waals surface area contributed by atoms with Crippen LogP contribution in [0.15, 0.2) is 206 Å². The number of hydrogen-bond donors (Lipinski definition) is 0. The van der Waals surface area contributed by atoms with Gasteiger partial charge in [-0.2, -0.15) is 0 Å². The molecule has 13 rings (SSSR count). The lowest BCUT2D eigenvalue weighted by atomic mass is 9.85. The van der Waals surface area contributed by atoms with E-state index < -0.39 is 0 Å². The van der Waals surface area contributed by atoms with E-state index >= 15 is 0 Å². The van der Waals surface area contributed by atoms with Gasteiger partial charge in [0, 0.05) is 56.7 Å². The molecule has 302 valence electrons. The minimum absolute atomic E-state index is 0.893. The molecule has 2 heteroatoms. The van der Waals surface area contributed by atoms with Crippen molar-refractivity contribution in [3.8, 4) is 44.5 Å². The molecule has 0 bridgehead atoms. The number of aromatic nitrogens is 2. The molecule has 2 nitrogen and oxygen atoms in total. The van der Waals surface area contributed by atoms with Crippen LogP contribution in [0, 0.1) is 0 Å². The average molecular weight is 817 g/mol. The van der Waals surface area contributed by atoms with Crippen LogP contribution < -0.4 is 0 Å². The molecule has 0 fully saturated rings. The normalized spacial score (nSPS) is 12.0. The molecule has 13 aromatic rings. The van der Waals surface area contributed by atoms with E-state index in [-0.39, 0.29) is 0 Å². The molecule has 0 unspecified atom stereocenters. The highest BCUT2D eigenvalue weighted by molar-refractivity contribution is 6.29. The highest BCUT2D eigenvalue weighted by atomic mass is 15.0. The second-order valence-corrected chi connectivity index (χ2v) is 17.2. The maximum absolute atomic E-state index is 2.52. The molecule has 0 spiro atoms. The number of benzene rings is 11. The van der Waals surface area contributed by atoms with E-state index in [1.54, 1.807) is 0 Å². The van der Waals surface area contributed by atoms with Gasteiger partial charge >= 0.3 is 0 Å².